The van der Waals surface area contributed by atoms with Crippen LogP contribution in [0, 0.1) is 0 Å². The van der Waals surface area contributed by atoms with Gasteiger partial charge in [0, 0.05) is 69.3 Å². The van der Waals surface area contributed by atoms with Crippen LogP contribution in [0.1, 0.15) is 128 Å². The van der Waals surface area contributed by atoms with Crippen molar-refractivity contribution in [2.75, 3.05) is 0 Å². The maximum atomic E-state index is 5.49. The second-order valence-electron chi connectivity index (χ2n) is 19.2. The third kappa shape index (κ3) is 7.23. The number of hydrogen-bond acceptors (Lipinski definition) is 4. The quantitative estimate of drug-likeness (QED) is 0.160. The van der Waals surface area contributed by atoms with E-state index < -0.39 is 0 Å². The lowest BCUT2D eigenvalue weighted by atomic mass is 9.84. The van der Waals surface area contributed by atoms with Crippen molar-refractivity contribution in [3.8, 4) is 0 Å². The fraction of sp³-hybridized carbons (Fsp3) is 0.346. The molecule has 58 heavy (non-hydrogen) atoms. The SMILES string of the molecule is C=C1N=c2c3ccc(CC)cc3c(n2C)=NC(=C)c2ccc(C(C)(C)C)cc2C(C)=Nc2c3ccc(C(C)(C)C)cc3c(n2C)N=C(C)c2ccc(C(C)(C)C)cc21. The molecular weight excluding hydrogens is 709 g/mol. The van der Waals surface area contributed by atoms with Gasteiger partial charge in [-0.05, 0) is 83.0 Å². The first-order valence-electron chi connectivity index (χ1n) is 20.5. The van der Waals surface area contributed by atoms with E-state index in [4.69, 9.17) is 20.0 Å². The van der Waals surface area contributed by atoms with Crippen LogP contribution in [0.15, 0.2) is 106 Å². The van der Waals surface area contributed by atoms with Crippen LogP contribution < -0.4 is 11.0 Å². The van der Waals surface area contributed by atoms with Gasteiger partial charge in [-0.2, -0.15) is 0 Å². The number of nitrogens with zero attached hydrogens (tertiary/aromatic N) is 6. The molecule has 6 nitrogen and oxygen atoms in total. The molecule has 0 amide bonds. The van der Waals surface area contributed by atoms with Crippen molar-refractivity contribution in [3.63, 3.8) is 0 Å². The summed E-state index contributed by atoms with van der Waals surface area (Å²) in [6.45, 7) is 35.9. The van der Waals surface area contributed by atoms with Gasteiger partial charge in [0.15, 0.2) is 0 Å². The van der Waals surface area contributed by atoms with Gasteiger partial charge in [0.25, 0.3) is 0 Å². The van der Waals surface area contributed by atoms with Gasteiger partial charge in [-0.3, -0.25) is 0 Å². The van der Waals surface area contributed by atoms with Crippen LogP contribution >= 0.6 is 0 Å². The van der Waals surface area contributed by atoms with Crippen LogP contribution in [-0.4, -0.2) is 20.6 Å². The minimum atomic E-state index is -0.0839. The van der Waals surface area contributed by atoms with Gasteiger partial charge in [-0.15, -0.1) is 0 Å². The maximum absolute atomic E-state index is 5.49. The lowest BCUT2D eigenvalue weighted by Crippen LogP contribution is -2.24. The van der Waals surface area contributed by atoms with E-state index in [1.165, 1.54) is 22.3 Å². The monoisotopic (exact) mass is 768 g/mol. The van der Waals surface area contributed by atoms with Gasteiger partial charge in [0.2, 0.25) is 0 Å². The standard InChI is InChI=1S/C52H60N6/c1-17-34-18-22-40-44(26-34)48-53-30(2)38-23-19-35(50(6,7)8)28-43(38)33(5)56-47-41-25-21-37(52(12,13)14)29-45(41)49(58(47)16)54-31(3)39-24-20-36(51(9,10)11)27-42(39)32(4)55-46(40)57(48)15/h18-29H,2,4,17H2,1,3,5-16H3. The molecule has 0 fully saturated rings. The van der Waals surface area contributed by atoms with E-state index in [0.29, 0.717) is 11.4 Å². The second-order valence-corrected chi connectivity index (χ2v) is 19.2. The number of benzene rings is 4. The van der Waals surface area contributed by atoms with E-state index >= 15 is 0 Å². The summed E-state index contributed by atoms with van der Waals surface area (Å²) in [6, 6.07) is 26.6. The first-order valence-corrected chi connectivity index (χ1v) is 20.5. The zero-order chi connectivity index (χ0) is 42.2. The highest BCUT2D eigenvalue weighted by Gasteiger charge is 2.24. The van der Waals surface area contributed by atoms with E-state index in [1.54, 1.807) is 0 Å². The van der Waals surface area contributed by atoms with Gasteiger partial charge in [0.05, 0.1) is 11.4 Å². The van der Waals surface area contributed by atoms with Crippen molar-refractivity contribution < 1.29 is 0 Å². The molecule has 4 aromatic carbocycles. The summed E-state index contributed by atoms with van der Waals surface area (Å²) in [5.74, 6) is 1.70. The van der Waals surface area contributed by atoms with E-state index in [0.717, 1.165) is 84.3 Å². The minimum Gasteiger partial charge on any atom is -0.313 e. The fourth-order valence-corrected chi connectivity index (χ4v) is 7.99. The van der Waals surface area contributed by atoms with Crippen LogP contribution in [0.4, 0.5) is 11.6 Å². The molecule has 1 aliphatic heterocycles. The molecule has 6 aromatic rings. The molecule has 0 spiro atoms. The number of aryl methyl sites for hydroxylation is 1. The summed E-state index contributed by atoms with van der Waals surface area (Å²) in [7, 11) is 4.12. The summed E-state index contributed by atoms with van der Waals surface area (Å²) < 4.78 is 4.23. The molecule has 3 heterocycles. The first-order chi connectivity index (χ1) is 27.1. The molecule has 4 bridgehead atoms. The van der Waals surface area contributed by atoms with Gasteiger partial charge >= 0.3 is 0 Å². The predicted molar refractivity (Wildman–Crippen MR) is 248 cm³/mol. The zero-order valence-corrected chi connectivity index (χ0v) is 37.2. The molecule has 0 saturated carbocycles. The van der Waals surface area contributed by atoms with Crippen molar-refractivity contribution in [1.29, 1.82) is 0 Å². The Hall–Kier alpha value is -5.62. The number of aliphatic imine (C=N–C) groups is 2. The van der Waals surface area contributed by atoms with Crippen LogP contribution in [0.2, 0.25) is 0 Å². The highest BCUT2D eigenvalue weighted by molar-refractivity contribution is 6.10. The Labute approximate surface area is 345 Å². The van der Waals surface area contributed by atoms with E-state index in [9.17, 15) is 0 Å². The van der Waals surface area contributed by atoms with Crippen LogP contribution in [0.3, 0.4) is 0 Å². The van der Waals surface area contributed by atoms with Crippen LogP contribution in [-0.2, 0) is 36.8 Å². The number of hydrogen-bond donors (Lipinski definition) is 0. The molecule has 0 saturated heterocycles. The lowest BCUT2D eigenvalue weighted by Gasteiger charge is -2.22. The summed E-state index contributed by atoms with van der Waals surface area (Å²) in [5, 5.41) is 4.16. The van der Waals surface area contributed by atoms with E-state index in [1.807, 2.05) is 7.05 Å². The Morgan fingerprint density at radius 1 is 0.466 bits per heavy atom. The van der Waals surface area contributed by atoms with Crippen molar-refractivity contribution in [1.82, 2.24) is 9.13 Å². The maximum Gasteiger partial charge on any atom is 0.142 e. The average Bonchev–Trinajstić information content (AvgIpc) is 3.56. The van der Waals surface area contributed by atoms with Crippen LogP contribution in [0.5, 0.6) is 0 Å². The average molecular weight is 769 g/mol. The lowest BCUT2D eigenvalue weighted by molar-refractivity contribution is 0.589. The van der Waals surface area contributed by atoms with Crippen molar-refractivity contribution in [2.24, 2.45) is 34.1 Å². The fourth-order valence-electron chi connectivity index (χ4n) is 7.99. The second kappa shape index (κ2) is 14.3. The molecule has 7 rings (SSSR count). The number of fused-ring (bicyclic) bond motifs is 12. The molecule has 1 aliphatic rings. The molecule has 0 atom stereocenters. The third-order valence-corrected chi connectivity index (χ3v) is 11.8. The highest BCUT2D eigenvalue weighted by Crippen LogP contribution is 2.41. The molecule has 6 heteroatoms. The number of aromatic nitrogens is 2. The van der Waals surface area contributed by atoms with E-state index in [-0.39, 0.29) is 16.2 Å². The molecule has 2 aromatic heterocycles. The molecule has 0 N–H and O–H groups in total. The highest BCUT2D eigenvalue weighted by atomic mass is 15.1. The Bertz CT molecular complexity index is 2880. The summed E-state index contributed by atoms with van der Waals surface area (Å²) in [5.41, 5.74) is 13.2. The largest absolute Gasteiger partial charge is 0.313 e. The Morgan fingerprint density at radius 3 is 1.52 bits per heavy atom. The molecule has 0 unspecified atom stereocenters. The van der Waals surface area contributed by atoms with Gasteiger partial charge in [0.1, 0.15) is 22.6 Å². The Kier molecular flexibility index (Phi) is 10.0. The minimum absolute atomic E-state index is 0.0496. The molecule has 0 aliphatic carbocycles. The van der Waals surface area contributed by atoms with Crippen molar-refractivity contribution >= 4 is 56.0 Å². The summed E-state index contributed by atoms with van der Waals surface area (Å²) in [6.07, 6.45) is 0.910. The first kappa shape index (κ1) is 40.6. The zero-order valence-electron chi connectivity index (χ0n) is 37.2. The molecule has 0 radical (unpaired) electrons. The number of rotatable bonds is 1. The van der Waals surface area contributed by atoms with E-state index in [2.05, 4.69) is 185 Å². The summed E-state index contributed by atoms with van der Waals surface area (Å²) in [4.78, 5) is 21.7. The summed E-state index contributed by atoms with van der Waals surface area (Å²) >= 11 is 0. The Morgan fingerprint density at radius 2 is 0.931 bits per heavy atom. The van der Waals surface area contributed by atoms with Gasteiger partial charge in [-0.1, -0.05) is 131 Å². The van der Waals surface area contributed by atoms with Gasteiger partial charge in [-0.25, -0.2) is 20.0 Å². The van der Waals surface area contributed by atoms with Crippen molar-refractivity contribution in [2.45, 2.75) is 106 Å². The Balaban J connectivity index is 1.65. The van der Waals surface area contributed by atoms with Crippen LogP contribution in [0.25, 0.3) is 32.9 Å². The predicted octanol–water partition coefficient (Wildman–Crippen LogP) is 12.3. The van der Waals surface area contributed by atoms with Gasteiger partial charge < -0.3 is 9.13 Å². The third-order valence-electron chi connectivity index (χ3n) is 11.8. The molecule has 298 valence electrons. The smallest absolute Gasteiger partial charge is 0.142 e. The van der Waals surface area contributed by atoms with Crippen molar-refractivity contribution in [3.05, 3.63) is 141 Å². The normalized spacial score (nSPS) is 14.3. The topological polar surface area (TPSA) is 59.3 Å². The molecular formula is C52H60N6.